The average Bonchev–Trinajstić information content (AvgIpc) is 2.43. The van der Waals surface area contributed by atoms with Crippen molar-refractivity contribution in [3.63, 3.8) is 0 Å². The summed E-state index contributed by atoms with van der Waals surface area (Å²) in [6, 6.07) is 6.02. The molecule has 0 heterocycles. The Morgan fingerprint density at radius 1 is 1.20 bits per heavy atom. The Labute approximate surface area is 132 Å². The Morgan fingerprint density at radius 3 is 2.60 bits per heavy atom. The minimum atomic E-state index is 0.419. The number of thioether (sulfide) groups is 1. The molecule has 0 radical (unpaired) electrons. The summed E-state index contributed by atoms with van der Waals surface area (Å²) < 4.78 is 5.88. The second kappa shape index (κ2) is 10.1. The molecule has 1 rings (SSSR count). The van der Waals surface area contributed by atoms with Gasteiger partial charge in [0, 0.05) is 4.90 Å². The van der Waals surface area contributed by atoms with Crippen molar-refractivity contribution in [1.82, 2.24) is 0 Å². The van der Waals surface area contributed by atoms with E-state index in [1.165, 1.54) is 25.7 Å². The van der Waals surface area contributed by atoms with Gasteiger partial charge >= 0.3 is 0 Å². The van der Waals surface area contributed by atoms with Gasteiger partial charge in [0.25, 0.3) is 0 Å². The number of benzene rings is 1. The lowest BCUT2D eigenvalue weighted by Gasteiger charge is -2.14. The highest BCUT2D eigenvalue weighted by atomic mass is 32.2. The van der Waals surface area contributed by atoms with E-state index in [0.717, 1.165) is 35.0 Å². The van der Waals surface area contributed by atoms with Crippen LogP contribution in [0.1, 0.15) is 51.5 Å². The molecule has 0 bridgehead atoms. The number of thiocarbonyl (C=S) groups is 1. The first kappa shape index (κ1) is 17.3. The third kappa shape index (κ3) is 5.71. The Hall–Kier alpha value is -0.740. The topological polar surface area (TPSA) is 35.2 Å². The number of ether oxygens (including phenoxy) is 1. The normalized spacial score (nSPS) is 10.5. The maximum Gasteiger partial charge on any atom is 0.130 e. The lowest BCUT2D eigenvalue weighted by atomic mass is 10.1. The van der Waals surface area contributed by atoms with Crippen LogP contribution in [-0.4, -0.2) is 17.3 Å². The van der Waals surface area contributed by atoms with Crippen molar-refractivity contribution in [2.45, 2.75) is 50.8 Å². The number of nitrogens with two attached hydrogens (primary N) is 1. The standard InChI is InChI=1S/C16H25NOS2/c1-3-5-6-7-8-12-18-13-10-9-11-14(20-4-2)15(13)16(17)19/h9-11H,3-8,12H2,1-2H3,(H2,17,19). The van der Waals surface area contributed by atoms with Gasteiger partial charge in [-0.1, -0.05) is 57.8 Å². The van der Waals surface area contributed by atoms with Crippen molar-refractivity contribution in [3.05, 3.63) is 23.8 Å². The smallest absolute Gasteiger partial charge is 0.130 e. The predicted octanol–water partition coefficient (Wildman–Crippen LogP) is 4.78. The summed E-state index contributed by atoms with van der Waals surface area (Å²) in [5.41, 5.74) is 6.75. The summed E-state index contributed by atoms with van der Waals surface area (Å²) in [6.07, 6.45) is 6.17. The Balaban J connectivity index is 2.60. The molecule has 20 heavy (non-hydrogen) atoms. The van der Waals surface area contributed by atoms with Crippen LogP contribution in [0.15, 0.2) is 23.1 Å². The molecule has 112 valence electrons. The molecule has 1 aromatic rings. The van der Waals surface area contributed by atoms with Gasteiger partial charge in [-0.15, -0.1) is 11.8 Å². The maximum atomic E-state index is 5.88. The van der Waals surface area contributed by atoms with Crippen LogP contribution in [0.3, 0.4) is 0 Å². The van der Waals surface area contributed by atoms with Crippen molar-refractivity contribution in [2.24, 2.45) is 5.73 Å². The molecule has 4 heteroatoms. The van der Waals surface area contributed by atoms with Gasteiger partial charge in [-0.05, 0) is 24.3 Å². The Kier molecular flexibility index (Phi) is 8.70. The Morgan fingerprint density at radius 2 is 1.95 bits per heavy atom. The molecule has 0 unspecified atom stereocenters. The molecule has 0 atom stereocenters. The summed E-state index contributed by atoms with van der Waals surface area (Å²) in [5, 5.41) is 0. The zero-order chi connectivity index (χ0) is 14.8. The van der Waals surface area contributed by atoms with E-state index in [4.69, 9.17) is 22.7 Å². The van der Waals surface area contributed by atoms with Crippen molar-refractivity contribution in [2.75, 3.05) is 12.4 Å². The molecule has 0 fully saturated rings. The minimum Gasteiger partial charge on any atom is -0.493 e. The highest BCUT2D eigenvalue weighted by molar-refractivity contribution is 7.99. The number of hydrogen-bond acceptors (Lipinski definition) is 3. The van der Waals surface area contributed by atoms with Gasteiger partial charge in [-0.3, -0.25) is 0 Å². The average molecular weight is 312 g/mol. The molecule has 0 saturated carbocycles. The van der Waals surface area contributed by atoms with E-state index in [1.54, 1.807) is 11.8 Å². The highest BCUT2D eigenvalue weighted by Gasteiger charge is 2.12. The van der Waals surface area contributed by atoms with Crippen LogP contribution in [0.25, 0.3) is 0 Å². The van der Waals surface area contributed by atoms with Gasteiger partial charge in [0.05, 0.1) is 12.2 Å². The molecule has 2 N–H and O–H groups in total. The van der Waals surface area contributed by atoms with Gasteiger partial charge in [0.15, 0.2) is 0 Å². The van der Waals surface area contributed by atoms with Crippen molar-refractivity contribution in [3.8, 4) is 5.75 Å². The van der Waals surface area contributed by atoms with Gasteiger partial charge in [-0.25, -0.2) is 0 Å². The van der Waals surface area contributed by atoms with E-state index in [-0.39, 0.29) is 0 Å². The molecule has 0 aromatic heterocycles. The van der Waals surface area contributed by atoms with E-state index in [9.17, 15) is 0 Å². The van der Waals surface area contributed by atoms with Gasteiger partial charge in [0.2, 0.25) is 0 Å². The monoisotopic (exact) mass is 311 g/mol. The first-order chi connectivity index (χ1) is 9.70. The van der Waals surface area contributed by atoms with Crippen molar-refractivity contribution in [1.29, 1.82) is 0 Å². The van der Waals surface area contributed by atoms with Crippen LogP contribution >= 0.6 is 24.0 Å². The summed E-state index contributed by atoms with van der Waals surface area (Å²) in [4.78, 5) is 1.53. The fraction of sp³-hybridized carbons (Fsp3) is 0.562. The highest BCUT2D eigenvalue weighted by Crippen LogP contribution is 2.30. The molecule has 0 saturated heterocycles. The number of hydrogen-bond donors (Lipinski definition) is 1. The van der Waals surface area contributed by atoms with E-state index in [2.05, 4.69) is 19.9 Å². The van der Waals surface area contributed by atoms with Gasteiger partial charge < -0.3 is 10.5 Å². The molecule has 0 aliphatic carbocycles. The first-order valence-electron chi connectivity index (χ1n) is 7.39. The molecule has 0 spiro atoms. The van der Waals surface area contributed by atoms with Crippen molar-refractivity contribution >= 4 is 29.0 Å². The lowest BCUT2D eigenvalue weighted by Crippen LogP contribution is -2.13. The van der Waals surface area contributed by atoms with Crippen LogP contribution in [0, 0.1) is 0 Å². The van der Waals surface area contributed by atoms with Crippen LogP contribution < -0.4 is 10.5 Å². The SMILES string of the molecule is CCCCCCCOc1cccc(SCC)c1C(N)=S. The number of rotatable bonds is 10. The zero-order valence-corrected chi connectivity index (χ0v) is 14.1. The molecule has 1 aromatic carbocycles. The molecular weight excluding hydrogens is 286 g/mol. The molecular formula is C16H25NOS2. The fourth-order valence-electron chi connectivity index (χ4n) is 2.04. The van der Waals surface area contributed by atoms with Crippen LogP contribution in [0.4, 0.5) is 0 Å². The Bertz CT molecular complexity index is 421. The molecule has 0 aliphatic rings. The quantitative estimate of drug-likeness (QED) is 0.383. The van der Waals surface area contributed by atoms with Crippen molar-refractivity contribution < 1.29 is 4.74 Å². The van der Waals surface area contributed by atoms with E-state index < -0.39 is 0 Å². The first-order valence-corrected chi connectivity index (χ1v) is 8.78. The summed E-state index contributed by atoms with van der Waals surface area (Å²) in [5.74, 6) is 1.82. The van der Waals surface area contributed by atoms with Gasteiger partial charge in [-0.2, -0.15) is 0 Å². The van der Waals surface area contributed by atoms with Crippen LogP contribution in [0.2, 0.25) is 0 Å². The second-order valence-corrected chi connectivity index (χ2v) is 6.43. The second-order valence-electron chi connectivity index (χ2n) is 4.69. The largest absolute Gasteiger partial charge is 0.493 e. The summed E-state index contributed by atoms with van der Waals surface area (Å²) in [6.45, 7) is 5.08. The summed E-state index contributed by atoms with van der Waals surface area (Å²) >= 11 is 6.92. The molecule has 2 nitrogen and oxygen atoms in total. The van der Waals surface area contributed by atoms with Crippen LogP contribution in [-0.2, 0) is 0 Å². The predicted molar refractivity (Wildman–Crippen MR) is 93.0 cm³/mol. The van der Waals surface area contributed by atoms with Crippen LogP contribution in [0.5, 0.6) is 5.75 Å². The van der Waals surface area contributed by atoms with E-state index in [1.807, 2.05) is 12.1 Å². The number of unbranched alkanes of at least 4 members (excludes halogenated alkanes) is 4. The summed E-state index contributed by atoms with van der Waals surface area (Å²) in [7, 11) is 0. The lowest BCUT2D eigenvalue weighted by molar-refractivity contribution is 0.303. The van der Waals surface area contributed by atoms with E-state index in [0.29, 0.717) is 4.99 Å². The molecule has 0 amide bonds. The molecule has 0 aliphatic heterocycles. The maximum absolute atomic E-state index is 5.88. The van der Waals surface area contributed by atoms with Gasteiger partial charge in [0.1, 0.15) is 10.7 Å². The fourth-order valence-corrected chi connectivity index (χ4v) is 3.15. The third-order valence-corrected chi connectivity index (χ3v) is 4.18. The zero-order valence-electron chi connectivity index (χ0n) is 12.5. The third-order valence-electron chi connectivity index (χ3n) is 3.04. The van der Waals surface area contributed by atoms with E-state index >= 15 is 0 Å². The minimum absolute atomic E-state index is 0.419.